The van der Waals surface area contributed by atoms with Crippen LogP contribution in [-0.4, -0.2) is 12.1 Å². The summed E-state index contributed by atoms with van der Waals surface area (Å²) in [4.78, 5) is 12.3. The molecule has 1 aromatic rings. The molecule has 1 aliphatic carbocycles. The lowest BCUT2D eigenvalue weighted by atomic mass is 9.75. The molecule has 20 heavy (non-hydrogen) atoms. The standard InChI is InChI=1S/C17H25NO2/c1-11(2)13-9-8-12(3)10-16(13)20-17(19)14-6-4-5-7-15(14)18/h4-7,11-13,16H,8-10,18H2,1-3H3/t12-,13-,16-/m1/s1. The van der Waals surface area contributed by atoms with Gasteiger partial charge in [0.05, 0.1) is 5.56 Å². The lowest BCUT2D eigenvalue weighted by Crippen LogP contribution is -2.36. The highest BCUT2D eigenvalue weighted by molar-refractivity contribution is 5.95. The number of anilines is 1. The maximum Gasteiger partial charge on any atom is 0.340 e. The number of rotatable bonds is 3. The Balaban J connectivity index is 2.10. The summed E-state index contributed by atoms with van der Waals surface area (Å²) in [5.74, 6) is 1.33. The highest BCUT2D eigenvalue weighted by Crippen LogP contribution is 2.35. The minimum atomic E-state index is -0.284. The molecule has 0 bridgehead atoms. The molecule has 0 aromatic heterocycles. The predicted octanol–water partition coefficient (Wildman–Crippen LogP) is 3.89. The quantitative estimate of drug-likeness (QED) is 0.672. The Bertz CT molecular complexity index is 470. The summed E-state index contributed by atoms with van der Waals surface area (Å²) in [6.07, 6.45) is 3.35. The van der Waals surface area contributed by atoms with Gasteiger partial charge in [0, 0.05) is 5.69 Å². The first-order chi connectivity index (χ1) is 9.49. The van der Waals surface area contributed by atoms with Crippen LogP contribution in [0.25, 0.3) is 0 Å². The summed E-state index contributed by atoms with van der Waals surface area (Å²) in [5, 5.41) is 0. The normalized spacial score (nSPS) is 26.5. The average molecular weight is 275 g/mol. The van der Waals surface area contributed by atoms with Gasteiger partial charge in [-0.05, 0) is 42.7 Å². The van der Waals surface area contributed by atoms with E-state index < -0.39 is 0 Å². The van der Waals surface area contributed by atoms with Gasteiger partial charge in [0.15, 0.2) is 0 Å². The number of ether oxygens (including phenoxy) is 1. The van der Waals surface area contributed by atoms with Crippen LogP contribution in [0, 0.1) is 17.8 Å². The van der Waals surface area contributed by atoms with Crippen molar-refractivity contribution in [2.24, 2.45) is 17.8 Å². The first kappa shape index (κ1) is 14.9. The van der Waals surface area contributed by atoms with Crippen molar-refractivity contribution >= 4 is 11.7 Å². The van der Waals surface area contributed by atoms with Crippen LogP contribution >= 0.6 is 0 Å². The third-order valence-electron chi connectivity index (χ3n) is 4.40. The van der Waals surface area contributed by atoms with Gasteiger partial charge in [0.25, 0.3) is 0 Å². The van der Waals surface area contributed by atoms with E-state index in [0.717, 1.165) is 12.8 Å². The molecule has 1 fully saturated rings. The summed E-state index contributed by atoms with van der Waals surface area (Å²) >= 11 is 0. The lowest BCUT2D eigenvalue weighted by molar-refractivity contribution is -0.0173. The van der Waals surface area contributed by atoms with Crippen LogP contribution in [-0.2, 0) is 4.74 Å². The van der Waals surface area contributed by atoms with Gasteiger partial charge < -0.3 is 10.5 Å². The Hall–Kier alpha value is -1.51. The van der Waals surface area contributed by atoms with E-state index >= 15 is 0 Å². The SMILES string of the molecule is CC(C)[C@H]1CC[C@@H](C)C[C@H]1OC(=O)c1ccccc1N. The van der Waals surface area contributed by atoms with Crippen molar-refractivity contribution in [3.63, 3.8) is 0 Å². The Morgan fingerprint density at radius 2 is 2.00 bits per heavy atom. The van der Waals surface area contributed by atoms with Crippen LogP contribution in [0.2, 0.25) is 0 Å². The molecule has 3 heteroatoms. The van der Waals surface area contributed by atoms with Crippen LogP contribution in [0.3, 0.4) is 0 Å². The molecule has 3 nitrogen and oxygen atoms in total. The van der Waals surface area contributed by atoms with E-state index in [4.69, 9.17) is 10.5 Å². The van der Waals surface area contributed by atoms with Crippen molar-refractivity contribution in [3.05, 3.63) is 29.8 Å². The van der Waals surface area contributed by atoms with E-state index in [-0.39, 0.29) is 12.1 Å². The van der Waals surface area contributed by atoms with E-state index in [1.165, 1.54) is 6.42 Å². The number of esters is 1. The van der Waals surface area contributed by atoms with Crippen molar-refractivity contribution in [1.29, 1.82) is 0 Å². The molecule has 0 saturated heterocycles. The number of nitrogens with two attached hydrogens (primary N) is 1. The molecule has 1 aliphatic rings. The van der Waals surface area contributed by atoms with Crippen molar-refractivity contribution < 1.29 is 9.53 Å². The van der Waals surface area contributed by atoms with E-state index in [1.54, 1.807) is 12.1 Å². The summed E-state index contributed by atoms with van der Waals surface area (Å²) in [7, 11) is 0. The van der Waals surface area contributed by atoms with Crippen molar-refractivity contribution in [1.82, 2.24) is 0 Å². The second kappa shape index (κ2) is 6.29. The first-order valence-electron chi connectivity index (χ1n) is 7.54. The number of benzene rings is 1. The van der Waals surface area contributed by atoms with Gasteiger partial charge in [-0.3, -0.25) is 0 Å². The fourth-order valence-corrected chi connectivity index (χ4v) is 3.13. The second-order valence-corrected chi connectivity index (χ2v) is 6.36. The topological polar surface area (TPSA) is 52.3 Å². The van der Waals surface area contributed by atoms with Gasteiger partial charge in [-0.2, -0.15) is 0 Å². The summed E-state index contributed by atoms with van der Waals surface area (Å²) in [6, 6.07) is 7.11. The third kappa shape index (κ3) is 3.33. The second-order valence-electron chi connectivity index (χ2n) is 6.36. The van der Waals surface area contributed by atoms with Crippen LogP contribution in [0.15, 0.2) is 24.3 Å². The van der Waals surface area contributed by atoms with Crippen molar-refractivity contribution in [3.8, 4) is 0 Å². The van der Waals surface area contributed by atoms with Crippen molar-refractivity contribution in [2.45, 2.75) is 46.1 Å². The molecule has 0 spiro atoms. The molecule has 3 atom stereocenters. The van der Waals surface area contributed by atoms with Gasteiger partial charge in [-0.15, -0.1) is 0 Å². The highest BCUT2D eigenvalue weighted by Gasteiger charge is 2.33. The van der Waals surface area contributed by atoms with Crippen LogP contribution in [0.4, 0.5) is 5.69 Å². The fourth-order valence-electron chi connectivity index (χ4n) is 3.13. The molecule has 1 aromatic carbocycles. The lowest BCUT2D eigenvalue weighted by Gasteiger charge is -2.36. The molecular weight excluding hydrogens is 250 g/mol. The van der Waals surface area contributed by atoms with Crippen molar-refractivity contribution in [2.75, 3.05) is 5.73 Å². The molecule has 0 radical (unpaired) electrons. The molecule has 0 aliphatic heterocycles. The number of carbonyl (C=O) groups excluding carboxylic acids is 1. The smallest absolute Gasteiger partial charge is 0.340 e. The zero-order valence-corrected chi connectivity index (χ0v) is 12.6. The minimum Gasteiger partial charge on any atom is -0.458 e. The zero-order chi connectivity index (χ0) is 14.7. The van der Waals surface area contributed by atoms with E-state index in [2.05, 4.69) is 20.8 Å². The Morgan fingerprint density at radius 1 is 1.30 bits per heavy atom. The summed E-state index contributed by atoms with van der Waals surface area (Å²) < 4.78 is 5.78. The number of carbonyl (C=O) groups is 1. The molecule has 0 amide bonds. The van der Waals surface area contributed by atoms with E-state index in [1.807, 2.05) is 12.1 Å². The number of nitrogen functional groups attached to an aromatic ring is 1. The maximum absolute atomic E-state index is 12.3. The molecule has 2 rings (SSSR count). The maximum atomic E-state index is 12.3. The largest absolute Gasteiger partial charge is 0.458 e. The predicted molar refractivity (Wildman–Crippen MR) is 81.4 cm³/mol. The summed E-state index contributed by atoms with van der Waals surface area (Å²) in [5.41, 5.74) is 6.82. The van der Waals surface area contributed by atoms with Gasteiger partial charge in [0.1, 0.15) is 6.10 Å². The molecule has 110 valence electrons. The number of para-hydroxylation sites is 1. The fraction of sp³-hybridized carbons (Fsp3) is 0.588. The number of hydrogen-bond donors (Lipinski definition) is 1. The van der Waals surface area contributed by atoms with Crippen LogP contribution in [0.1, 0.15) is 50.4 Å². The van der Waals surface area contributed by atoms with Gasteiger partial charge in [0.2, 0.25) is 0 Å². The summed E-state index contributed by atoms with van der Waals surface area (Å²) in [6.45, 7) is 6.64. The van der Waals surface area contributed by atoms with Gasteiger partial charge >= 0.3 is 5.97 Å². The molecule has 0 heterocycles. The molecule has 1 saturated carbocycles. The van der Waals surface area contributed by atoms with E-state index in [0.29, 0.717) is 29.0 Å². The van der Waals surface area contributed by atoms with E-state index in [9.17, 15) is 4.79 Å². The molecular formula is C17H25NO2. The Morgan fingerprint density at radius 3 is 2.65 bits per heavy atom. The monoisotopic (exact) mass is 275 g/mol. The minimum absolute atomic E-state index is 0.0193. The van der Waals surface area contributed by atoms with Gasteiger partial charge in [-0.25, -0.2) is 4.79 Å². The van der Waals surface area contributed by atoms with Crippen LogP contribution < -0.4 is 5.73 Å². The molecule has 2 N–H and O–H groups in total. The van der Waals surface area contributed by atoms with Crippen LogP contribution in [0.5, 0.6) is 0 Å². The highest BCUT2D eigenvalue weighted by atomic mass is 16.5. The Kier molecular flexibility index (Phi) is 4.69. The molecule has 0 unspecified atom stereocenters. The zero-order valence-electron chi connectivity index (χ0n) is 12.6. The first-order valence-corrected chi connectivity index (χ1v) is 7.54. The average Bonchev–Trinajstić information content (AvgIpc) is 2.38. The van der Waals surface area contributed by atoms with Gasteiger partial charge in [-0.1, -0.05) is 39.3 Å². The Labute approximate surface area is 121 Å². The third-order valence-corrected chi connectivity index (χ3v) is 4.40. The number of hydrogen-bond acceptors (Lipinski definition) is 3.